The number of rotatable bonds is 1. The number of benzene rings is 1. The van der Waals surface area contributed by atoms with Crippen molar-refractivity contribution in [2.24, 2.45) is 0 Å². The molecule has 0 radical (unpaired) electrons. The third kappa shape index (κ3) is 2.60. The number of fused-ring (bicyclic) bond motifs is 3. The molecule has 0 bridgehead atoms. The van der Waals surface area contributed by atoms with Crippen molar-refractivity contribution in [3.8, 4) is 17.2 Å². The van der Waals surface area contributed by atoms with E-state index < -0.39 is 17.3 Å². The van der Waals surface area contributed by atoms with Gasteiger partial charge in [-0.2, -0.15) is 22.8 Å². The number of nitrogens with zero attached hydrogens (tertiary/aromatic N) is 3. The van der Waals surface area contributed by atoms with Crippen molar-refractivity contribution in [1.82, 2.24) is 9.97 Å². The zero-order valence-electron chi connectivity index (χ0n) is 13.3. The minimum absolute atomic E-state index is 0.0667. The Labute approximate surface area is 152 Å². The van der Waals surface area contributed by atoms with E-state index >= 15 is 0 Å². The summed E-state index contributed by atoms with van der Waals surface area (Å²) in [5.41, 5.74) is 5.14. The van der Waals surface area contributed by atoms with Crippen LogP contribution in [0.25, 0.3) is 27.1 Å². The summed E-state index contributed by atoms with van der Waals surface area (Å²) in [5.74, 6) is -0.106. The van der Waals surface area contributed by atoms with Gasteiger partial charge in [0.2, 0.25) is 5.82 Å². The number of nitriles is 1. The quantitative estimate of drug-likeness (QED) is 0.490. The molecule has 0 unspecified atom stereocenters. The van der Waals surface area contributed by atoms with Gasteiger partial charge in [0.15, 0.2) is 0 Å². The number of hydrogen-bond acceptors (Lipinski definition) is 5. The normalized spacial score (nSPS) is 11.8. The maximum atomic E-state index is 12.8. The van der Waals surface area contributed by atoms with E-state index in [4.69, 9.17) is 5.73 Å². The molecule has 6 nitrogen and oxygen atoms in total. The first-order valence-electron chi connectivity index (χ1n) is 7.53. The van der Waals surface area contributed by atoms with E-state index in [2.05, 4.69) is 9.97 Å². The predicted molar refractivity (Wildman–Crippen MR) is 93.0 cm³/mol. The van der Waals surface area contributed by atoms with E-state index in [9.17, 15) is 23.2 Å². The van der Waals surface area contributed by atoms with Crippen LogP contribution in [0.3, 0.4) is 0 Å². The van der Waals surface area contributed by atoms with Crippen LogP contribution in [-0.2, 0) is 6.18 Å². The monoisotopic (exact) mass is 388 g/mol. The van der Waals surface area contributed by atoms with Gasteiger partial charge in [0.05, 0.1) is 11.8 Å². The molecule has 1 aromatic carbocycles. The third-order valence-electron chi connectivity index (χ3n) is 4.10. The van der Waals surface area contributed by atoms with Crippen LogP contribution < -0.4 is 15.7 Å². The highest BCUT2D eigenvalue weighted by Gasteiger charge is 2.31. The van der Waals surface area contributed by atoms with E-state index in [1.165, 1.54) is 23.5 Å². The topological polar surface area (TPSA) is 99.7 Å². The van der Waals surface area contributed by atoms with Crippen LogP contribution in [0, 0.1) is 11.3 Å². The largest absolute Gasteiger partial charge is 0.416 e. The van der Waals surface area contributed by atoms with Crippen LogP contribution in [0.4, 0.5) is 19.0 Å². The number of nitrogens with two attached hydrogens (primary N) is 1. The van der Waals surface area contributed by atoms with E-state index in [1.54, 1.807) is 16.0 Å². The van der Waals surface area contributed by atoms with Crippen molar-refractivity contribution in [3.63, 3.8) is 0 Å². The molecular formula is C17H9F3N5OS+. The lowest BCUT2D eigenvalue weighted by atomic mass is 9.97. The van der Waals surface area contributed by atoms with Crippen LogP contribution in [0.2, 0.25) is 0 Å². The number of nitrogen functional groups attached to an aromatic ring is 1. The maximum Gasteiger partial charge on any atom is 0.416 e. The number of halogens is 3. The van der Waals surface area contributed by atoms with Crippen molar-refractivity contribution >= 4 is 33.1 Å². The first-order valence-corrected chi connectivity index (χ1v) is 8.41. The highest BCUT2D eigenvalue weighted by Crippen LogP contribution is 2.34. The molecule has 0 amide bonds. The van der Waals surface area contributed by atoms with Crippen LogP contribution in [0.15, 0.2) is 40.6 Å². The number of aromatic amines is 1. The fourth-order valence-corrected chi connectivity index (χ4v) is 3.63. The Bertz CT molecular complexity index is 1300. The summed E-state index contributed by atoms with van der Waals surface area (Å²) in [7, 11) is 0. The molecule has 27 heavy (non-hydrogen) atoms. The van der Waals surface area contributed by atoms with Gasteiger partial charge < -0.3 is 5.73 Å². The van der Waals surface area contributed by atoms with E-state index in [-0.39, 0.29) is 33.5 Å². The van der Waals surface area contributed by atoms with Crippen LogP contribution in [-0.4, -0.2) is 9.97 Å². The van der Waals surface area contributed by atoms with Gasteiger partial charge in [-0.25, -0.2) is 4.98 Å². The van der Waals surface area contributed by atoms with Crippen molar-refractivity contribution in [2.75, 3.05) is 5.73 Å². The Balaban J connectivity index is 2.13. The zero-order valence-corrected chi connectivity index (χ0v) is 14.1. The molecule has 0 fully saturated rings. The smallest absolute Gasteiger partial charge is 0.369 e. The summed E-state index contributed by atoms with van der Waals surface area (Å²) >= 11 is 1.28. The SMILES string of the molecule is N#Cc1c(N)nc2c(c1-c1ccc(C(F)(F)F)cc1)c(=O)[nH]c1scc[n+]12. The summed E-state index contributed by atoms with van der Waals surface area (Å²) in [6, 6.07) is 6.10. The highest BCUT2D eigenvalue weighted by atomic mass is 32.1. The molecule has 0 atom stereocenters. The van der Waals surface area contributed by atoms with Crippen molar-refractivity contribution in [1.29, 1.82) is 5.26 Å². The lowest BCUT2D eigenvalue weighted by Crippen LogP contribution is -2.28. The molecule has 3 aromatic heterocycles. The third-order valence-corrected chi connectivity index (χ3v) is 4.88. The molecule has 134 valence electrons. The number of alkyl halides is 3. The van der Waals surface area contributed by atoms with E-state index in [0.29, 0.717) is 4.96 Å². The number of hydrogen-bond donors (Lipinski definition) is 2. The first kappa shape index (κ1) is 17.0. The molecule has 3 heterocycles. The molecule has 0 spiro atoms. The number of anilines is 1. The minimum Gasteiger partial charge on any atom is -0.369 e. The highest BCUT2D eigenvalue weighted by molar-refractivity contribution is 7.14. The fourth-order valence-electron chi connectivity index (χ4n) is 2.90. The Morgan fingerprint density at radius 1 is 1.26 bits per heavy atom. The summed E-state index contributed by atoms with van der Waals surface area (Å²) in [4.78, 5) is 20.0. The number of nitrogens with one attached hydrogen (secondary N) is 1. The first-order chi connectivity index (χ1) is 12.8. The van der Waals surface area contributed by atoms with Crippen molar-refractivity contribution < 1.29 is 17.6 Å². The average Bonchev–Trinajstić information content (AvgIpc) is 3.08. The standard InChI is InChI=1S/C17H8F3N5OS/c18-17(19,20)9-3-1-8(2-4-9)11-10(7-21)13(22)23-14-12(11)15(26)24-16-25(14)5-6-27-16/h1-6H,(H2,22,23,26)/p+1. The van der Waals surface area contributed by atoms with Crippen LogP contribution in [0.1, 0.15) is 11.1 Å². The predicted octanol–water partition coefficient (Wildman–Crippen LogP) is 2.86. The second kappa shape index (κ2) is 5.78. The number of H-pyrrole nitrogens is 1. The number of pyridine rings is 1. The van der Waals surface area contributed by atoms with Crippen molar-refractivity contribution in [3.05, 3.63) is 57.3 Å². The summed E-state index contributed by atoms with van der Waals surface area (Å²) < 4.78 is 40.1. The van der Waals surface area contributed by atoms with E-state index in [1.807, 2.05) is 6.07 Å². The van der Waals surface area contributed by atoms with Gasteiger partial charge in [-0.3, -0.25) is 4.79 Å². The molecule has 0 saturated heterocycles. The molecule has 0 saturated carbocycles. The second-order valence-corrected chi connectivity index (χ2v) is 6.56. The minimum atomic E-state index is -4.49. The van der Waals surface area contributed by atoms with Gasteiger partial charge in [-0.15, -0.1) is 0 Å². The fraction of sp³-hybridized carbons (Fsp3) is 0.0588. The van der Waals surface area contributed by atoms with Gasteiger partial charge in [0.1, 0.15) is 17.0 Å². The Hall–Kier alpha value is -3.45. The molecule has 10 heteroatoms. The van der Waals surface area contributed by atoms with Gasteiger partial charge >= 0.3 is 11.7 Å². The Morgan fingerprint density at radius 2 is 1.96 bits per heavy atom. The van der Waals surface area contributed by atoms with Gasteiger partial charge in [0.25, 0.3) is 10.6 Å². The molecule has 0 aliphatic heterocycles. The van der Waals surface area contributed by atoms with Crippen LogP contribution in [0.5, 0.6) is 0 Å². The second-order valence-electron chi connectivity index (χ2n) is 5.66. The van der Waals surface area contributed by atoms with Gasteiger partial charge in [0, 0.05) is 10.9 Å². The van der Waals surface area contributed by atoms with Crippen LogP contribution >= 0.6 is 11.3 Å². The Morgan fingerprint density at radius 3 is 2.59 bits per heavy atom. The molecule has 0 aliphatic carbocycles. The number of aromatic nitrogens is 3. The summed E-state index contributed by atoms with van der Waals surface area (Å²) in [6.45, 7) is 0. The average molecular weight is 388 g/mol. The molecular weight excluding hydrogens is 379 g/mol. The van der Waals surface area contributed by atoms with Gasteiger partial charge in [-0.05, 0) is 17.7 Å². The molecule has 4 rings (SSSR count). The van der Waals surface area contributed by atoms with Crippen molar-refractivity contribution in [2.45, 2.75) is 6.18 Å². The molecule has 3 N–H and O–H groups in total. The van der Waals surface area contributed by atoms with E-state index in [0.717, 1.165) is 12.1 Å². The lowest BCUT2D eigenvalue weighted by Gasteiger charge is -2.10. The molecule has 4 aromatic rings. The zero-order chi connectivity index (χ0) is 19.3. The maximum absolute atomic E-state index is 12.8. The Kier molecular flexibility index (Phi) is 3.64. The lowest BCUT2D eigenvalue weighted by molar-refractivity contribution is -0.482. The molecule has 0 aliphatic rings. The summed E-state index contributed by atoms with van der Waals surface area (Å²) in [6.07, 6.45) is -2.82. The summed E-state index contributed by atoms with van der Waals surface area (Å²) in [5, 5.41) is 11.3. The number of thiazole rings is 1. The van der Waals surface area contributed by atoms with Gasteiger partial charge in [-0.1, -0.05) is 28.5 Å².